The lowest BCUT2D eigenvalue weighted by atomic mass is 9.80. The van der Waals surface area contributed by atoms with E-state index >= 15 is 0 Å². The van der Waals surface area contributed by atoms with Crippen LogP contribution in [0.3, 0.4) is 0 Å². The number of amides is 2. The van der Waals surface area contributed by atoms with Crippen LogP contribution in [0.25, 0.3) is 0 Å². The largest absolute Gasteiger partial charge is 0.328 e. The molecule has 0 aliphatic carbocycles. The summed E-state index contributed by atoms with van der Waals surface area (Å²) in [5, 5.41) is 0. The van der Waals surface area contributed by atoms with Crippen LogP contribution in [0, 0.1) is 5.41 Å². The third kappa shape index (κ3) is 4.73. The number of carbonyl (C=O) groups excluding carboxylic acids is 2. The van der Waals surface area contributed by atoms with Gasteiger partial charge in [-0.25, -0.2) is 14.1 Å². The number of quaternary nitrogens is 3. The highest BCUT2D eigenvalue weighted by Crippen LogP contribution is 2.35. The smallest absolute Gasteiger partial charge is 0.317 e. The van der Waals surface area contributed by atoms with E-state index in [0.717, 1.165) is 60.5 Å². The summed E-state index contributed by atoms with van der Waals surface area (Å²) >= 11 is 0. The van der Waals surface area contributed by atoms with E-state index in [1.165, 1.54) is 0 Å². The minimum Gasteiger partial charge on any atom is -0.317 e. The van der Waals surface area contributed by atoms with Crippen molar-refractivity contribution in [1.82, 2.24) is 14.5 Å². The van der Waals surface area contributed by atoms with Crippen LogP contribution < -0.4 is 4.48 Å². The second-order valence-electron chi connectivity index (χ2n) is 10.6. The number of nitrogens with zero attached hydrogens (tertiary/aromatic N) is 5. The molecule has 0 saturated carbocycles. The Morgan fingerprint density at radius 2 is 1.38 bits per heavy atom. The molecule has 3 rings (SSSR count). The number of imide groups is 1. The molecule has 1 aromatic rings. The van der Waals surface area contributed by atoms with E-state index in [4.69, 9.17) is 0 Å². The van der Waals surface area contributed by atoms with Gasteiger partial charge >= 0.3 is 17.8 Å². The van der Waals surface area contributed by atoms with Crippen LogP contribution in [-0.2, 0) is 9.59 Å². The quantitative estimate of drug-likeness (QED) is 0.413. The first kappa shape index (κ1) is 22.0. The minimum atomic E-state index is -0.189. The zero-order valence-electron chi connectivity index (χ0n) is 18.9. The van der Waals surface area contributed by atoms with E-state index in [1.54, 1.807) is 0 Å². The molecule has 0 radical (unpaired) electrons. The average molecular weight is 405 g/mol. The fourth-order valence-electron chi connectivity index (χ4n) is 4.68. The van der Waals surface area contributed by atoms with E-state index in [1.807, 2.05) is 39.4 Å². The summed E-state index contributed by atoms with van der Waals surface area (Å²) in [4.78, 5) is 34.2. The standard InChI is InChI=1S/C22H38N5O2/c1-22(2)17-19(28)27(5,20(29)18-22)12-7-6-11-25(3)13-15-26(4,16-14-25)21-23-9-8-10-24-21/h8-10H,6-7,11-18H2,1-5H3/q+3. The predicted molar refractivity (Wildman–Crippen MR) is 114 cm³/mol. The number of carbonyl (C=O) groups is 2. The Morgan fingerprint density at radius 3 is 1.93 bits per heavy atom. The molecule has 3 heterocycles. The molecule has 7 nitrogen and oxygen atoms in total. The molecule has 2 aliphatic heterocycles. The first-order chi connectivity index (χ1) is 13.5. The number of piperazine rings is 1. The van der Waals surface area contributed by atoms with Gasteiger partial charge in [-0.2, -0.15) is 9.97 Å². The van der Waals surface area contributed by atoms with Gasteiger partial charge in [0.15, 0.2) is 0 Å². The van der Waals surface area contributed by atoms with Crippen LogP contribution in [0.5, 0.6) is 0 Å². The molecule has 2 amide bonds. The van der Waals surface area contributed by atoms with Crippen LogP contribution in [0.4, 0.5) is 5.95 Å². The minimum absolute atomic E-state index is 0.00650. The Balaban J connectivity index is 1.49. The highest BCUT2D eigenvalue weighted by atomic mass is 16.2. The molecule has 1 aromatic heterocycles. The summed E-state index contributed by atoms with van der Waals surface area (Å²) in [6, 6.07) is 1.86. The SMILES string of the molecule is CC1(C)CC(=O)[N+](C)(CCCC[N+]2(C)CC[N+](C)(c3ncccn3)CC2)C(=O)C1. The van der Waals surface area contributed by atoms with Crippen LogP contribution in [0.1, 0.15) is 39.5 Å². The molecule has 0 spiro atoms. The van der Waals surface area contributed by atoms with Gasteiger partial charge in [0.25, 0.3) is 0 Å². The van der Waals surface area contributed by atoms with Crippen molar-refractivity contribution in [2.75, 3.05) is 60.4 Å². The van der Waals surface area contributed by atoms with Crippen molar-refractivity contribution in [3.8, 4) is 0 Å². The van der Waals surface area contributed by atoms with Gasteiger partial charge < -0.3 is 4.48 Å². The molecule has 29 heavy (non-hydrogen) atoms. The zero-order chi connectivity index (χ0) is 21.3. The second-order valence-corrected chi connectivity index (χ2v) is 10.6. The number of aromatic nitrogens is 2. The molecule has 2 saturated heterocycles. The first-order valence-electron chi connectivity index (χ1n) is 10.9. The number of piperidine rings is 1. The first-order valence-corrected chi connectivity index (χ1v) is 10.9. The van der Waals surface area contributed by atoms with Crippen molar-refractivity contribution >= 4 is 17.8 Å². The summed E-state index contributed by atoms with van der Waals surface area (Å²) in [6.45, 7) is 9.99. The van der Waals surface area contributed by atoms with Crippen molar-refractivity contribution in [3.63, 3.8) is 0 Å². The number of hydrogen-bond acceptors (Lipinski definition) is 4. The fraction of sp³-hybridized carbons (Fsp3) is 0.727. The summed E-state index contributed by atoms with van der Waals surface area (Å²) in [5.41, 5.74) is -0.189. The molecule has 0 aromatic carbocycles. The van der Waals surface area contributed by atoms with Gasteiger partial charge in [-0.3, -0.25) is 4.48 Å². The molecule has 0 atom stereocenters. The zero-order valence-corrected chi connectivity index (χ0v) is 18.9. The predicted octanol–water partition coefficient (Wildman–Crippen LogP) is 1.97. The van der Waals surface area contributed by atoms with Gasteiger partial charge in [-0.1, -0.05) is 13.8 Å². The summed E-state index contributed by atoms with van der Waals surface area (Å²) < 4.78 is 1.83. The number of likely N-dealkylation sites (N-methyl/N-ethyl adjacent to an activating group) is 2. The lowest BCUT2D eigenvalue weighted by Crippen LogP contribution is -2.65. The van der Waals surface area contributed by atoms with Gasteiger partial charge in [-0.05, 0) is 11.5 Å². The van der Waals surface area contributed by atoms with Gasteiger partial charge in [-0.15, -0.1) is 0 Å². The Hall–Kier alpha value is -1.70. The topological polar surface area (TPSA) is 59.9 Å². The molecule has 2 fully saturated rings. The average Bonchev–Trinajstić information content (AvgIpc) is 2.67. The van der Waals surface area contributed by atoms with Gasteiger partial charge in [0.05, 0.1) is 47.1 Å². The Bertz CT molecular complexity index is 734. The maximum Gasteiger partial charge on any atom is 0.328 e. The number of likely N-dealkylation sites (tertiary alicyclic amines) is 1. The third-order valence-corrected chi connectivity index (χ3v) is 7.22. The normalized spacial score (nSPS) is 31.6. The highest BCUT2D eigenvalue weighted by molar-refractivity contribution is 5.88. The van der Waals surface area contributed by atoms with Crippen molar-refractivity contribution in [2.45, 2.75) is 39.5 Å². The van der Waals surface area contributed by atoms with Gasteiger partial charge in [0.1, 0.15) is 26.2 Å². The van der Waals surface area contributed by atoms with E-state index in [9.17, 15) is 9.59 Å². The molecular weight excluding hydrogens is 366 g/mol. The van der Waals surface area contributed by atoms with Crippen molar-refractivity contribution in [1.29, 1.82) is 0 Å². The number of unbranched alkanes of at least 4 members (excludes halogenated alkanes) is 1. The van der Waals surface area contributed by atoms with Gasteiger partial charge in [0.2, 0.25) is 0 Å². The fourth-order valence-corrected chi connectivity index (χ4v) is 4.68. The van der Waals surface area contributed by atoms with Crippen molar-refractivity contribution in [2.24, 2.45) is 5.41 Å². The molecule has 0 unspecified atom stereocenters. The molecule has 7 heteroatoms. The summed E-state index contributed by atoms with van der Waals surface area (Å²) in [7, 11) is 6.37. The Labute approximate surface area is 175 Å². The van der Waals surface area contributed by atoms with Crippen LogP contribution >= 0.6 is 0 Å². The number of hydrogen-bond donors (Lipinski definition) is 0. The Kier molecular flexibility index (Phi) is 5.96. The van der Waals surface area contributed by atoms with E-state index < -0.39 is 0 Å². The summed E-state index contributed by atoms with van der Waals surface area (Å²) in [6.07, 6.45) is 6.60. The molecule has 0 bridgehead atoms. The second kappa shape index (κ2) is 7.85. The molecule has 2 aliphatic rings. The van der Waals surface area contributed by atoms with E-state index in [0.29, 0.717) is 19.4 Å². The van der Waals surface area contributed by atoms with E-state index in [-0.39, 0.29) is 21.7 Å². The van der Waals surface area contributed by atoms with Crippen LogP contribution in [0.2, 0.25) is 0 Å². The molecule has 0 N–H and O–H groups in total. The van der Waals surface area contributed by atoms with Crippen LogP contribution in [-0.4, -0.2) is 91.2 Å². The maximum atomic E-state index is 12.6. The monoisotopic (exact) mass is 404 g/mol. The molecular formula is C22H38N5O2+3. The van der Waals surface area contributed by atoms with E-state index in [2.05, 4.69) is 24.1 Å². The molecule has 160 valence electrons. The van der Waals surface area contributed by atoms with Crippen molar-refractivity contribution in [3.05, 3.63) is 18.5 Å². The van der Waals surface area contributed by atoms with Gasteiger partial charge in [0, 0.05) is 25.2 Å². The van der Waals surface area contributed by atoms with Crippen molar-refractivity contribution < 1.29 is 18.6 Å². The van der Waals surface area contributed by atoms with Crippen LogP contribution in [0.15, 0.2) is 18.5 Å². The lowest BCUT2D eigenvalue weighted by Gasteiger charge is -2.44. The summed E-state index contributed by atoms with van der Waals surface area (Å²) in [5.74, 6) is 1.07. The third-order valence-electron chi connectivity index (χ3n) is 7.22. The highest BCUT2D eigenvalue weighted by Gasteiger charge is 2.49. The Morgan fingerprint density at radius 1 is 0.862 bits per heavy atom. The number of rotatable bonds is 6. The maximum absolute atomic E-state index is 12.6. The lowest BCUT2D eigenvalue weighted by molar-refractivity contribution is -0.913.